The lowest BCUT2D eigenvalue weighted by molar-refractivity contribution is 0.276. The quantitative estimate of drug-likeness (QED) is 0.712. The van der Waals surface area contributed by atoms with E-state index >= 15 is 0 Å². The van der Waals surface area contributed by atoms with Gasteiger partial charge in [-0.3, -0.25) is 4.98 Å². The van der Waals surface area contributed by atoms with Crippen LogP contribution in [0.1, 0.15) is 11.6 Å². The van der Waals surface area contributed by atoms with Gasteiger partial charge in [0.05, 0.1) is 25.4 Å². The van der Waals surface area contributed by atoms with Gasteiger partial charge in [-0.1, -0.05) is 36.4 Å². The number of methoxy groups -OCH3 is 1. The lowest BCUT2D eigenvalue weighted by atomic mass is 10.1. The molecule has 0 saturated heterocycles. The zero-order valence-electron chi connectivity index (χ0n) is 13.8. The normalized spacial score (nSPS) is 11.8. The molecule has 1 unspecified atom stereocenters. The number of hydrogen-bond donors (Lipinski definition) is 2. The zero-order valence-corrected chi connectivity index (χ0v) is 13.8. The van der Waals surface area contributed by atoms with Crippen molar-refractivity contribution in [1.29, 1.82) is 0 Å². The summed E-state index contributed by atoms with van der Waals surface area (Å²) >= 11 is 0. The molecular formula is C20H19FN2O2. The number of halogens is 1. The molecule has 5 heteroatoms. The van der Waals surface area contributed by atoms with Gasteiger partial charge in [-0.25, -0.2) is 4.39 Å². The smallest absolute Gasteiger partial charge is 0.165 e. The van der Waals surface area contributed by atoms with Gasteiger partial charge in [0.25, 0.3) is 0 Å². The molecule has 0 fully saturated rings. The third kappa shape index (κ3) is 3.95. The molecular weight excluding hydrogens is 319 g/mol. The standard InChI is InChI=1S/C20H19FN2O2/c1-25-20-10-15(7-8-18(20)21)16-9-17(12-22-11-16)23-19(13-24)14-5-3-2-4-6-14/h2-12,19,23-24H,13H2,1H3. The van der Waals surface area contributed by atoms with Crippen molar-refractivity contribution in [1.82, 2.24) is 4.98 Å². The number of benzene rings is 2. The SMILES string of the molecule is COc1cc(-c2cncc(NC(CO)c3ccccc3)c2)ccc1F. The number of pyridine rings is 1. The summed E-state index contributed by atoms with van der Waals surface area (Å²) in [4.78, 5) is 4.24. The van der Waals surface area contributed by atoms with Gasteiger partial charge in [-0.05, 0) is 29.3 Å². The van der Waals surface area contributed by atoms with E-state index in [1.165, 1.54) is 13.2 Å². The molecule has 2 N–H and O–H groups in total. The van der Waals surface area contributed by atoms with Crippen molar-refractivity contribution in [3.63, 3.8) is 0 Å². The molecule has 3 aromatic rings. The van der Waals surface area contributed by atoms with Crippen LogP contribution in [0, 0.1) is 5.82 Å². The first-order valence-electron chi connectivity index (χ1n) is 7.92. The fraction of sp³-hybridized carbons (Fsp3) is 0.150. The fourth-order valence-electron chi connectivity index (χ4n) is 2.64. The van der Waals surface area contributed by atoms with E-state index in [9.17, 15) is 9.50 Å². The molecule has 0 radical (unpaired) electrons. The van der Waals surface area contributed by atoms with Crippen LogP contribution in [0.2, 0.25) is 0 Å². The predicted octanol–water partition coefficient (Wildman–Crippen LogP) is 4.04. The highest BCUT2D eigenvalue weighted by Gasteiger charge is 2.11. The highest BCUT2D eigenvalue weighted by Crippen LogP contribution is 2.28. The Morgan fingerprint density at radius 2 is 1.88 bits per heavy atom. The second-order valence-electron chi connectivity index (χ2n) is 5.60. The molecule has 1 heterocycles. The van der Waals surface area contributed by atoms with Crippen molar-refractivity contribution in [3.05, 3.63) is 78.4 Å². The van der Waals surface area contributed by atoms with Gasteiger partial charge in [-0.15, -0.1) is 0 Å². The average molecular weight is 338 g/mol. The Labute approximate surface area is 145 Å². The molecule has 0 amide bonds. The molecule has 1 atom stereocenters. The molecule has 1 aromatic heterocycles. The van der Waals surface area contributed by atoms with Crippen LogP contribution in [0.25, 0.3) is 11.1 Å². The number of nitrogens with one attached hydrogen (secondary N) is 1. The van der Waals surface area contributed by atoms with Crippen molar-refractivity contribution in [2.24, 2.45) is 0 Å². The van der Waals surface area contributed by atoms with Crippen molar-refractivity contribution in [2.75, 3.05) is 19.0 Å². The summed E-state index contributed by atoms with van der Waals surface area (Å²) < 4.78 is 18.6. The third-order valence-corrected chi connectivity index (χ3v) is 3.95. The van der Waals surface area contributed by atoms with E-state index in [-0.39, 0.29) is 18.4 Å². The van der Waals surface area contributed by atoms with Gasteiger partial charge < -0.3 is 15.2 Å². The Morgan fingerprint density at radius 1 is 1.08 bits per heavy atom. The fourth-order valence-corrected chi connectivity index (χ4v) is 2.64. The first-order valence-corrected chi connectivity index (χ1v) is 7.92. The van der Waals surface area contributed by atoms with Crippen molar-refractivity contribution in [3.8, 4) is 16.9 Å². The topological polar surface area (TPSA) is 54.4 Å². The second kappa shape index (κ2) is 7.77. The second-order valence-corrected chi connectivity index (χ2v) is 5.60. The summed E-state index contributed by atoms with van der Waals surface area (Å²) in [5, 5.41) is 13.0. The molecule has 0 aliphatic carbocycles. The summed E-state index contributed by atoms with van der Waals surface area (Å²) in [6.07, 6.45) is 3.39. The molecule has 4 nitrogen and oxygen atoms in total. The largest absolute Gasteiger partial charge is 0.494 e. The van der Waals surface area contributed by atoms with Crippen LogP contribution >= 0.6 is 0 Å². The molecule has 0 bridgehead atoms. The van der Waals surface area contributed by atoms with E-state index in [0.717, 1.165) is 22.4 Å². The summed E-state index contributed by atoms with van der Waals surface area (Å²) in [7, 11) is 1.43. The lowest BCUT2D eigenvalue weighted by Crippen LogP contribution is -2.14. The molecule has 0 saturated carbocycles. The average Bonchev–Trinajstić information content (AvgIpc) is 2.67. The zero-order chi connectivity index (χ0) is 17.6. The van der Waals surface area contributed by atoms with E-state index in [1.807, 2.05) is 36.4 Å². The number of anilines is 1. The van der Waals surface area contributed by atoms with Gasteiger partial charge in [0.15, 0.2) is 11.6 Å². The van der Waals surface area contributed by atoms with Crippen LogP contribution in [-0.2, 0) is 0 Å². The number of hydrogen-bond acceptors (Lipinski definition) is 4. The number of ether oxygens (including phenoxy) is 1. The summed E-state index contributed by atoms with van der Waals surface area (Å²) in [5.74, 6) is -0.216. The van der Waals surface area contributed by atoms with Crippen molar-refractivity contribution in [2.45, 2.75) is 6.04 Å². The van der Waals surface area contributed by atoms with Crippen molar-refractivity contribution >= 4 is 5.69 Å². The molecule has 0 spiro atoms. The van der Waals surface area contributed by atoms with Crippen LogP contribution in [-0.4, -0.2) is 23.8 Å². The number of aromatic nitrogens is 1. The summed E-state index contributed by atoms with van der Waals surface area (Å²) in [6.45, 7) is -0.0430. The van der Waals surface area contributed by atoms with E-state index in [0.29, 0.717) is 0 Å². The first-order chi connectivity index (χ1) is 12.2. The van der Waals surface area contributed by atoms with Gasteiger partial charge in [0.2, 0.25) is 0 Å². The van der Waals surface area contributed by atoms with E-state index < -0.39 is 5.82 Å². The minimum atomic E-state index is -0.405. The molecule has 2 aromatic carbocycles. The van der Waals surface area contributed by atoms with Gasteiger partial charge in [0.1, 0.15) is 0 Å². The molecule has 0 aliphatic rings. The van der Waals surface area contributed by atoms with Crippen LogP contribution in [0.4, 0.5) is 10.1 Å². The monoisotopic (exact) mass is 338 g/mol. The Kier molecular flexibility index (Phi) is 5.26. The number of rotatable bonds is 6. The van der Waals surface area contributed by atoms with E-state index in [2.05, 4.69) is 10.3 Å². The van der Waals surface area contributed by atoms with Crippen LogP contribution in [0.3, 0.4) is 0 Å². The molecule has 128 valence electrons. The van der Waals surface area contributed by atoms with Gasteiger partial charge >= 0.3 is 0 Å². The molecule has 3 rings (SSSR count). The maximum absolute atomic E-state index is 13.6. The van der Waals surface area contributed by atoms with Gasteiger partial charge in [-0.2, -0.15) is 0 Å². The highest BCUT2D eigenvalue weighted by molar-refractivity contribution is 5.68. The van der Waals surface area contributed by atoms with E-state index in [4.69, 9.17) is 4.74 Å². The summed E-state index contributed by atoms with van der Waals surface area (Å²) in [6, 6.07) is 16.1. The first kappa shape index (κ1) is 16.9. The predicted molar refractivity (Wildman–Crippen MR) is 96.1 cm³/mol. The maximum Gasteiger partial charge on any atom is 0.165 e. The van der Waals surface area contributed by atoms with Crippen LogP contribution < -0.4 is 10.1 Å². The number of aliphatic hydroxyl groups excluding tert-OH is 1. The minimum Gasteiger partial charge on any atom is -0.494 e. The highest BCUT2D eigenvalue weighted by atomic mass is 19.1. The molecule has 0 aliphatic heterocycles. The van der Waals surface area contributed by atoms with Gasteiger partial charge in [0, 0.05) is 18.0 Å². The van der Waals surface area contributed by atoms with Crippen LogP contribution in [0.15, 0.2) is 67.0 Å². The minimum absolute atomic E-state index is 0.0430. The lowest BCUT2D eigenvalue weighted by Gasteiger charge is -2.18. The maximum atomic E-state index is 13.6. The third-order valence-electron chi connectivity index (χ3n) is 3.95. The number of nitrogens with zero attached hydrogens (tertiary/aromatic N) is 1. The van der Waals surface area contributed by atoms with Crippen molar-refractivity contribution < 1.29 is 14.2 Å². The number of aliphatic hydroxyl groups is 1. The Morgan fingerprint density at radius 3 is 2.60 bits per heavy atom. The molecule has 25 heavy (non-hydrogen) atoms. The van der Waals surface area contributed by atoms with Crippen LogP contribution in [0.5, 0.6) is 5.75 Å². The Hall–Kier alpha value is -2.92. The van der Waals surface area contributed by atoms with E-state index in [1.54, 1.807) is 24.5 Å². The Bertz CT molecular complexity index is 840. The Balaban J connectivity index is 1.86. The summed E-state index contributed by atoms with van der Waals surface area (Å²) in [5.41, 5.74) is 3.38.